The highest BCUT2D eigenvalue weighted by molar-refractivity contribution is 5.32. The predicted molar refractivity (Wildman–Crippen MR) is 64.2 cm³/mol. The fourth-order valence-electron chi connectivity index (χ4n) is 1.57. The molecule has 0 bridgehead atoms. The van der Waals surface area contributed by atoms with Crippen LogP contribution in [0.5, 0.6) is 0 Å². The highest BCUT2D eigenvalue weighted by Crippen LogP contribution is 2.09. The van der Waals surface area contributed by atoms with Gasteiger partial charge in [-0.15, -0.1) is 0 Å². The molecule has 2 aromatic heterocycles. The van der Waals surface area contributed by atoms with Gasteiger partial charge in [-0.2, -0.15) is 0 Å². The fourth-order valence-corrected chi connectivity index (χ4v) is 1.57. The van der Waals surface area contributed by atoms with Crippen LogP contribution < -0.4 is 5.73 Å². The van der Waals surface area contributed by atoms with E-state index in [9.17, 15) is 0 Å². The van der Waals surface area contributed by atoms with Crippen LogP contribution >= 0.6 is 0 Å². The maximum atomic E-state index is 5.72. The van der Waals surface area contributed by atoms with Crippen molar-refractivity contribution < 1.29 is 4.74 Å². The normalized spacial score (nSPS) is 10.4. The molecule has 0 fully saturated rings. The molecule has 0 aromatic carbocycles. The molecule has 0 atom stereocenters. The largest absolute Gasteiger partial charge is 0.384 e. The Morgan fingerprint density at radius 1 is 1.24 bits per heavy atom. The Bertz CT molecular complexity index is 487. The van der Waals surface area contributed by atoms with Crippen molar-refractivity contribution in [3.63, 3.8) is 0 Å². The van der Waals surface area contributed by atoms with Crippen molar-refractivity contribution in [2.24, 2.45) is 0 Å². The van der Waals surface area contributed by atoms with Crippen LogP contribution in [-0.4, -0.2) is 22.1 Å². The molecule has 0 unspecified atom stereocenters. The molecule has 5 heteroatoms. The summed E-state index contributed by atoms with van der Waals surface area (Å²) in [6.07, 6.45) is 4.23. The number of anilines is 1. The average molecular weight is 230 g/mol. The van der Waals surface area contributed by atoms with Gasteiger partial charge < -0.3 is 10.5 Å². The van der Waals surface area contributed by atoms with E-state index in [0.29, 0.717) is 24.7 Å². The van der Waals surface area contributed by atoms with Crippen molar-refractivity contribution in [1.29, 1.82) is 0 Å². The van der Waals surface area contributed by atoms with Crippen LogP contribution in [0.1, 0.15) is 17.1 Å². The first-order valence-corrected chi connectivity index (χ1v) is 5.28. The van der Waals surface area contributed by atoms with E-state index in [-0.39, 0.29) is 0 Å². The monoisotopic (exact) mass is 230 g/mol. The molecule has 2 rings (SSSR count). The molecule has 2 aromatic rings. The molecule has 2 heterocycles. The first kappa shape index (κ1) is 11.5. The quantitative estimate of drug-likeness (QED) is 0.854. The molecule has 0 aliphatic heterocycles. The van der Waals surface area contributed by atoms with Crippen LogP contribution in [-0.2, 0) is 17.8 Å². The third kappa shape index (κ3) is 3.22. The van der Waals surface area contributed by atoms with Gasteiger partial charge in [-0.3, -0.25) is 4.98 Å². The van der Waals surface area contributed by atoms with Crippen molar-refractivity contribution in [3.8, 4) is 0 Å². The topological polar surface area (TPSA) is 73.9 Å². The second-order valence-electron chi connectivity index (χ2n) is 3.67. The van der Waals surface area contributed by atoms with E-state index in [1.807, 2.05) is 12.1 Å². The zero-order valence-electron chi connectivity index (χ0n) is 9.63. The van der Waals surface area contributed by atoms with E-state index in [1.54, 1.807) is 25.6 Å². The molecule has 5 nitrogen and oxygen atoms in total. The van der Waals surface area contributed by atoms with Crippen LogP contribution in [0.4, 0.5) is 5.82 Å². The standard InChI is InChI=1S/C12H14N4O/c1-17-8-12-15-10(7-11(13)16-12)6-9-2-4-14-5-3-9/h2-5,7H,6,8H2,1H3,(H2,13,15,16). The minimum absolute atomic E-state index is 0.369. The second-order valence-corrected chi connectivity index (χ2v) is 3.67. The number of nitrogens with two attached hydrogens (primary N) is 1. The highest BCUT2D eigenvalue weighted by atomic mass is 16.5. The number of nitrogen functional groups attached to an aromatic ring is 1. The van der Waals surface area contributed by atoms with Gasteiger partial charge in [-0.05, 0) is 17.7 Å². The minimum Gasteiger partial charge on any atom is -0.384 e. The summed E-state index contributed by atoms with van der Waals surface area (Å²) in [7, 11) is 1.61. The lowest BCUT2D eigenvalue weighted by molar-refractivity contribution is 0.177. The number of pyridine rings is 1. The van der Waals surface area contributed by atoms with Gasteiger partial charge in [-0.1, -0.05) is 0 Å². The number of rotatable bonds is 4. The summed E-state index contributed by atoms with van der Waals surface area (Å²) in [6, 6.07) is 5.68. The first-order valence-electron chi connectivity index (χ1n) is 5.28. The number of nitrogens with zero attached hydrogens (tertiary/aromatic N) is 3. The third-order valence-electron chi connectivity index (χ3n) is 2.25. The van der Waals surface area contributed by atoms with Crippen molar-refractivity contribution in [2.45, 2.75) is 13.0 Å². The zero-order chi connectivity index (χ0) is 12.1. The summed E-state index contributed by atoms with van der Waals surface area (Å²) in [5.41, 5.74) is 7.75. The van der Waals surface area contributed by atoms with Crippen LogP contribution in [0, 0.1) is 0 Å². The second kappa shape index (κ2) is 5.36. The van der Waals surface area contributed by atoms with E-state index in [2.05, 4.69) is 15.0 Å². The van der Waals surface area contributed by atoms with Gasteiger partial charge in [0.2, 0.25) is 0 Å². The van der Waals surface area contributed by atoms with Crippen molar-refractivity contribution in [2.75, 3.05) is 12.8 Å². The Hall–Kier alpha value is -2.01. The Morgan fingerprint density at radius 2 is 2.00 bits per heavy atom. The Balaban J connectivity index is 2.21. The maximum Gasteiger partial charge on any atom is 0.156 e. The van der Waals surface area contributed by atoms with Crippen LogP contribution in [0.25, 0.3) is 0 Å². The molecule has 0 radical (unpaired) electrons. The van der Waals surface area contributed by atoms with Gasteiger partial charge in [0.05, 0.1) is 5.69 Å². The Kier molecular flexibility index (Phi) is 3.62. The molecule has 0 aliphatic rings. The molecule has 0 aliphatic carbocycles. The van der Waals surface area contributed by atoms with Crippen molar-refractivity contribution >= 4 is 5.82 Å². The van der Waals surface area contributed by atoms with Gasteiger partial charge in [0.15, 0.2) is 5.82 Å². The lowest BCUT2D eigenvalue weighted by atomic mass is 10.1. The number of aromatic nitrogens is 3. The van der Waals surface area contributed by atoms with Crippen molar-refractivity contribution in [3.05, 3.63) is 47.7 Å². The van der Waals surface area contributed by atoms with Gasteiger partial charge in [0, 0.05) is 32.0 Å². The lowest BCUT2D eigenvalue weighted by Gasteiger charge is -2.05. The number of hydrogen-bond acceptors (Lipinski definition) is 5. The van der Waals surface area contributed by atoms with Gasteiger partial charge in [0.25, 0.3) is 0 Å². The van der Waals surface area contributed by atoms with E-state index in [0.717, 1.165) is 11.3 Å². The van der Waals surface area contributed by atoms with E-state index in [1.165, 1.54) is 0 Å². The molecule has 17 heavy (non-hydrogen) atoms. The first-order chi connectivity index (χ1) is 8.28. The summed E-state index contributed by atoms with van der Waals surface area (Å²) >= 11 is 0. The van der Waals surface area contributed by atoms with Crippen LogP contribution in [0.15, 0.2) is 30.6 Å². The molecular weight excluding hydrogens is 216 g/mol. The van der Waals surface area contributed by atoms with Gasteiger partial charge in [0.1, 0.15) is 12.4 Å². The molecule has 0 saturated heterocycles. The van der Waals surface area contributed by atoms with E-state index in [4.69, 9.17) is 10.5 Å². The average Bonchev–Trinajstić information content (AvgIpc) is 2.30. The number of methoxy groups -OCH3 is 1. The highest BCUT2D eigenvalue weighted by Gasteiger charge is 2.03. The van der Waals surface area contributed by atoms with Crippen molar-refractivity contribution in [1.82, 2.24) is 15.0 Å². The fraction of sp³-hybridized carbons (Fsp3) is 0.250. The third-order valence-corrected chi connectivity index (χ3v) is 2.25. The van der Waals surface area contributed by atoms with Gasteiger partial charge in [-0.25, -0.2) is 9.97 Å². The minimum atomic E-state index is 0.369. The summed E-state index contributed by atoms with van der Waals surface area (Å²) in [5, 5.41) is 0. The Morgan fingerprint density at radius 3 is 2.71 bits per heavy atom. The van der Waals surface area contributed by atoms with Crippen LogP contribution in [0.2, 0.25) is 0 Å². The molecule has 0 saturated carbocycles. The van der Waals surface area contributed by atoms with Crippen LogP contribution in [0.3, 0.4) is 0 Å². The number of hydrogen-bond donors (Lipinski definition) is 1. The molecule has 88 valence electrons. The summed E-state index contributed by atoms with van der Waals surface area (Å²) in [5.74, 6) is 1.08. The molecule has 0 spiro atoms. The van der Waals surface area contributed by atoms with E-state index >= 15 is 0 Å². The van der Waals surface area contributed by atoms with E-state index < -0.39 is 0 Å². The number of ether oxygens (including phenoxy) is 1. The zero-order valence-corrected chi connectivity index (χ0v) is 9.63. The molecule has 2 N–H and O–H groups in total. The SMILES string of the molecule is COCc1nc(N)cc(Cc2ccncc2)n1. The molecule has 0 amide bonds. The maximum absolute atomic E-state index is 5.72. The van der Waals surface area contributed by atoms with Gasteiger partial charge >= 0.3 is 0 Å². The smallest absolute Gasteiger partial charge is 0.156 e. The summed E-state index contributed by atoms with van der Waals surface area (Å²) in [4.78, 5) is 12.5. The predicted octanol–water partition coefficient (Wildman–Crippen LogP) is 1.19. The summed E-state index contributed by atoms with van der Waals surface area (Å²) in [6.45, 7) is 0.369. The Labute approximate surface area is 99.7 Å². The molecular formula is C12H14N4O. The summed E-state index contributed by atoms with van der Waals surface area (Å²) < 4.78 is 5.00. The lowest BCUT2D eigenvalue weighted by Crippen LogP contribution is -2.04.